The van der Waals surface area contributed by atoms with Crippen molar-refractivity contribution in [2.24, 2.45) is 0 Å². The van der Waals surface area contributed by atoms with Crippen molar-refractivity contribution >= 4 is 16.7 Å². The summed E-state index contributed by atoms with van der Waals surface area (Å²) >= 11 is 0. The summed E-state index contributed by atoms with van der Waals surface area (Å²) in [5.74, 6) is 0.0594. The van der Waals surface area contributed by atoms with Gasteiger partial charge in [0.05, 0.1) is 24.6 Å². The molecule has 1 amide bonds. The summed E-state index contributed by atoms with van der Waals surface area (Å²) in [6.45, 7) is 1.74. The van der Waals surface area contributed by atoms with Crippen LogP contribution in [0.25, 0.3) is 10.8 Å². The predicted molar refractivity (Wildman–Crippen MR) is 98.0 cm³/mol. The Bertz CT molecular complexity index is 1090. The highest BCUT2D eigenvalue weighted by Gasteiger charge is 2.33. The number of hydrogen-bond donors (Lipinski definition) is 0. The number of rotatable bonds is 4. The Morgan fingerprint density at radius 2 is 1.81 bits per heavy atom. The first-order valence-corrected chi connectivity index (χ1v) is 8.80. The maximum absolute atomic E-state index is 12.9. The molecule has 3 heterocycles. The van der Waals surface area contributed by atoms with Crippen LogP contribution in [0.1, 0.15) is 22.1 Å². The van der Waals surface area contributed by atoms with Crippen molar-refractivity contribution in [3.8, 4) is 0 Å². The van der Waals surface area contributed by atoms with Crippen LogP contribution in [0, 0.1) is 0 Å². The Kier molecular flexibility index (Phi) is 3.67. The molecule has 27 heavy (non-hydrogen) atoms. The summed E-state index contributed by atoms with van der Waals surface area (Å²) in [5, 5.41) is 18.6. The number of carbonyl (C=O) groups excluding carboxylic acids is 1. The minimum absolute atomic E-state index is 0.0594. The summed E-state index contributed by atoms with van der Waals surface area (Å²) in [4.78, 5) is 16.3. The van der Waals surface area contributed by atoms with Crippen molar-refractivity contribution in [3.63, 3.8) is 0 Å². The molecule has 0 atom stereocenters. The van der Waals surface area contributed by atoms with E-state index < -0.39 is 0 Å². The highest BCUT2D eigenvalue weighted by molar-refractivity contribution is 6.07. The second kappa shape index (κ2) is 6.31. The van der Waals surface area contributed by atoms with Crippen molar-refractivity contribution < 1.29 is 4.79 Å². The molecule has 0 radical (unpaired) electrons. The largest absolute Gasteiger partial charge is 0.334 e. The smallest absolute Gasteiger partial charge is 0.254 e. The van der Waals surface area contributed by atoms with Gasteiger partial charge in [0.25, 0.3) is 5.91 Å². The standard InChI is InChI=1S/C19H17N7O/c27-19(18-7-3-5-14-4-1-2-6-17(14)18)24-12-16(13-24)25-10-15(22-23-25)11-26-20-8-9-21-26/h1-10,16H,11-13H2. The Morgan fingerprint density at radius 1 is 1.04 bits per heavy atom. The third-order valence-electron chi connectivity index (χ3n) is 4.87. The lowest BCUT2D eigenvalue weighted by Gasteiger charge is -2.39. The fourth-order valence-corrected chi connectivity index (χ4v) is 3.40. The molecule has 8 nitrogen and oxygen atoms in total. The van der Waals surface area contributed by atoms with Gasteiger partial charge in [0.2, 0.25) is 0 Å². The molecule has 0 bridgehead atoms. The van der Waals surface area contributed by atoms with Crippen molar-refractivity contribution in [2.75, 3.05) is 13.1 Å². The summed E-state index contributed by atoms with van der Waals surface area (Å²) in [6, 6.07) is 14.0. The second-order valence-corrected chi connectivity index (χ2v) is 6.64. The van der Waals surface area contributed by atoms with Gasteiger partial charge in [0.1, 0.15) is 12.2 Å². The maximum Gasteiger partial charge on any atom is 0.254 e. The lowest BCUT2D eigenvalue weighted by Crippen LogP contribution is -2.50. The predicted octanol–water partition coefficient (Wildman–Crippen LogP) is 1.77. The molecule has 0 aliphatic carbocycles. The topological polar surface area (TPSA) is 81.7 Å². The van der Waals surface area contributed by atoms with Gasteiger partial charge in [-0.1, -0.05) is 41.6 Å². The highest BCUT2D eigenvalue weighted by Crippen LogP contribution is 2.26. The monoisotopic (exact) mass is 359 g/mol. The van der Waals surface area contributed by atoms with E-state index in [2.05, 4.69) is 20.5 Å². The van der Waals surface area contributed by atoms with Crippen LogP contribution in [-0.4, -0.2) is 53.9 Å². The van der Waals surface area contributed by atoms with Crippen LogP contribution in [0.15, 0.2) is 61.1 Å². The fourth-order valence-electron chi connectivity index (χ4n) is 3.40. The summed E-state index contributed by atoms with van der Waals surface area (Å²) in [5.41, 5.74) is 1.54. The van der Waals surface area contributed by atoms with E-state index in [1.54, 1.807) is 17.2 Å². The van der Waals surface area contributed by atoms with Gasteiger partial charge in [0, 0.05) is 18.7 Å². The first kappa shape index (κ1) is 15.7. The first-order chi connectivity index (χ1) is 13.3. The Balaban J connectivity index is 1.28. The van der Waals surface area contributed by atoms with Crippen LogP contribution in [0.3, 0.4) is 0 Å². The Hall–Kier alpha value is -3.55. The third-order valence-corrected chi connectivity index (χ3v) is 4.87. The molecule has 1 saturated heterocycles. The molecule has 134 valence electrons. The SMILES string of the molecule is O=C(c1cccc2ccccc12)N1CC(n2cc(Cn3nccn3)nn2)C1. The number of hydrogen-bond acceptors (Lipinski definition) is 5. The lowest BCUT2D eigenvalue weighted by atomic mass is 10.0. The number of nitrogens with zero attached hydrogens (tertiary/aromatic N) is 7. The van der Waals surface area contributed by atoms with Gasteiger partial charge in [-0.25, -0.2) is 4.68 Å². The van der Waals surface area contributed by atoms with Crippen molar-refractivity contribution in [2.45, 2.75) is 12.6 Å². The molecule has 1 aliphatic heterocycles. The van der Waals surface area contributed by atoms with Gasteiger partial charge in [0.15, 0.2) is 0 Å². The number of benzene rings is 2. The average molecular weight is 359 g/mol. The molecule has 2 aromatic carbocycles. The van der Waals surface area contributed by atoms with E-state index in [0.29, 0.717) is 19.6 Å². The second-order valence-electron chi connectivity index (χ2n) is 6.64. The van der Waals surface area contributed by atoms with Crippen LogP contribution in [0.2, 0.25) is 0 Å². The number of aromatic nitrogens is 6. The molecule has 0 saturated carbocycles. The van der Waals surface area contributed by atoms with Gasteiger partial charge in [-0.15, -0.1) is 5.10 Å². The summed E-state index contributed by atoms with van der Waals surface area (Å²) < 4.78 is 1.83. The molecule has 1 fully saturated rings. The zero-order valence-electron chi connectivity index (χ0n) is 14.5. The van der Waals surface area contributed by atoms with Crippen LogP contribution in [0.4, 0.5) is 0 Å². The molecule has 0 unspecified atom stereocenters. The summed E-state index contributed by atoms with van der Waals surface area (Å²) in [7, 11) is 0. The molecule has 8 heteroatoms. The summed E-state index contributed by atoms with van der Waals surface area (Å²) in [6.07, 6.45) is 5.16. The molecule has 2 aromatic heterocycles. The zero-order chi connectivity index (χ0) is 18.2. The van der Waals surface area contributed by atoms with Gasteiger partial charge < -0.3 is 4.90 Å². The molecular formula is C19H17N7O. The van der Waals surface area contributed by atoms with Gasteiger partial charge >= 0.3 is 0 Å². The number of amides is 1. The molecule has 0 N–H and O–H groups in total. The maximum atomic E-state index is 12.9. The third kappa shape index (κ3) is 2.84. The van der Waals surface area contributed by atoms with E-state index in [0.717, 1.165) is 22.0 Å². The molecule has 4 aromatic rings. The zero-order valence-corrected chi connectivity index (χ0v) is 14.5. The molecule has 0 spiro atoms. The van der Waals surface area contributed by atoms with Gasteiger partial charge in [-0.2, -0.15) is 15.0 Å². The van der Waals surface area contributed by atoms with E-state index in [9.17, 15) is 4.79 Å². The minimum atomic E-state index is 0.0594. The number of likely N-dealkylation sites (tertiary alicyclic amines) is 1. The Labute approximate surface area is 155 Å². The van der Waals surface area contributed by atoms with E-state index in [-0.39, 0.29) is 11.9 Å². The quantitative estimate of drug-likeness (QED) is 0.555. The highest BCUT2D eigenvalue weighted by atomic mass is 16.2. The van der Waals surface area contributed by atoms with E-state index in [1.807, 2.05) is 58.2 Å². The van der Waals surface area contributed by atoms with E-state index >= 15 is 0 Å². The van der Waals surface area contributed by atoms with E-state index in [1.165, 1.54) is 0 Å². The van der Waals surface area contributed by atoms with Crippen molar-refractivity contribution in [1.82, 2.24) is 34.9 Å². The number of fused-ring (bicyclic) bond motifs is 1. The van der Waals surface area contributed by atoms with Gasteiger partial charge in [-0.05, 0) is 16.8 Å². The van der Waals surface area contributed by atoms with Crippen molar-refractivity contribution in [3.05, 3.63) is 72.3 Å². The minimum Gasteiger partial charge on any atom is -0.334 e. The Morgan fingerprint density at radius 3 is 2.67 bits per heavy atom. The van der Waals surface area contributed by atoms with Crippen LogP contribution < -0.4 is 0 Å². The first-order valence-electron chi connectivity index (χ1n) is 8.80. The van der Waals surface area contributed by atoms with Crippen molar-refractivity contribution in [1.29, 1.82) is 0 Å². The van der Waals surface area contributed by atoms with Crippen LogP contribution in [-0.2, 0) is 6.54 Å². The number of carbonyl (C=O) groups is 1. The van der Waals surface area contributed by atoms with Gasteiger partial charge in [-0.3, -0.25) is 4.79 Å². The fraction of sp³-hybridized carbons (Fsp3) is 0.211. The molecule has 1 aliphatic rings. The molecule has 5 rings (SSSR count). The average Bonchev–Trinajstić information content (AvgIpc) is 3.33. The van der Waals surface area contributed by atoms with E-state index in [4.69, 9.17) is 0 Å². The molecular weight excluding hydrogens is 342 g/mol. The van der Waals surface area contributed by atoms with Crippen LogP contribution in [0.5, 0.6) is 0 Å². The van der Waals surface area contributed by atoms with Crippen LogP contribution >= 0.6 is 0 Å². The normalized spacial score (nSPS) is 14.4. The lowest BCUT2D eigenvalue weighted by molar-refractivity contribution is 0.0500.